The number of carboxylic acid groups (broad SMARTS) is 1. The van der Waals surface area contributed by atoms with Gasteiger partial charge in [-0.25, -0.2) is 9.48 Å². The molecular formula is C20H15BrN4O3. The van der Waals surface area contributed by atoms with Gasteiger partial charge in [-0.2, -0.15) is 5.10 Å². The highest BCUT2D eigenvalue weighted by Gasteiger charge is 2.29. The van der Waals surface area contributed by atoms with Crippen LogP contribution in [0, 0.1) is 0 Å². The Kier molecular flexibility index (Phi) is 4.70. The van der Waals surface area contributed by atoms with Crippen molar-refractivity contribution in [2.45, 2.75) is 6.04 Å². The number of amides is 1. The molecule has 2 aromatic carbocycles. The largest absolute Gasteiger partial charge is 0.477 e. The van der Waals surface area contributed by atoms with Crippen LogP contribution < -0.4 is 10.6 Å². The molecule has 0 fully saturated rings. The van der Waals surface area contributed by atoms with Crippen LogP contribution in [-0.2, 0) is 4.79 Å². The van der Waals surface area contributed by atoms with E-state index in [2.05, 4.69) is 31.7 Å². The van der Waals surface area contributed by atoms with Crippen LogP contribution in [0.1, 0.15) is 22.0 Å². The summed E-state index contributed by atoms with van der Waals surface area (Å²) in [4.78, 5) is 24.4. The summed E-state index contributed by atoms with van der Waals surface area (Å²) >= 11 is 3.39. The third-order valence-corrected chi connectivity index (χ3v) is 4.88. The smallest absolute Gasteiger partial charge is 0.352 e. The van der Waals surface area contributed by atoms with Crippen LogP contribution in [0.3, 0.4) is 0 Å². The molecule has 8 heteroatoms. The van der Waals surface area contributed by atoms with Crippen LogP contribution in [-0.4, -0.2) is 26.8 Å². The van der Waals surface area contributed by atoms with Crippen LogP contribution in [0.4, 0.5) is 11.5 Å². The van der Waals surface area contributed by atoms with E-state index in [1.54, 1.807) is 22.9 Å². The van der Waals surface area contributed by atoms with Gasteiger partial charge in [-0.3, -0.25) is 4.79 Å². The molecule has 7 nitrogen and oxygen atoms in total. The number of carboxylic acids is 1. The number of hydrogen-bond donors (Lipinski definition) is 3. The van der Waals surface area contributed by atoms with E-state index >= 15 is 0 Å². The lowest BCUT2D eigenvalue weighted by atomic mass is 10.0. The predicted molar refractivity (Wildman–Crippen MR) is 108 cm³/mol. The van der Waals surface area contributed by atoms with E-state index in [4.69, 9.17) is 0 Å². The highest BCUT2D eigenvalue weighted by molar-refractivity contribution is 9.10. The Bertz CT molecular complexity index is 1070. The summed E-state index contributed by atoms with van der Waals surface area (Å²) in [5.74, 6) is -1.15. The highest BCUT2D eigenvalue weighted by atomic mass is 79.9. The Balaban J connectivity index is 1.73. The standard InChI is InChI=1S/C20H15BrN4O3/c21-13-8-6-12(7-9-13)17-10-16(20(27)28)24-18-15(11-22-25(17)18)19(26)23-14-4-2-1-3-5-14/h1-11,17,24H,(H,23,26)(H,27,28)/t17-/m0/s1. The zero-order valence-electron chi connectivity index (χ0n) is 14.5. The lowest BCUT2D eigenvalue weighted by molar-refractivity contribution is -0.132. The molecule has 4 rings (SSSR count). The normalized spacial score (nSPS) is 15.2. The average Bonchev–Trinajstić information content (AvgIpc) is 3.13. The third kappa shape index (κ3) is 3.41. The summed E-state index contributed by atoms with van der Waals surface area (Å²) < 4.78 is 2.52. The molecule has 1 aliphatic heterocycles. The number of benzene rings is 2. The number of hydrogen-bond acceptors (Lipinski definition) is 4. The average molecular weight is 439 g/mol. The van der Waals surface area contributed by atoms with Gasteiger partial charge in [0.25, 0.3) is 5.91 Å². The van der Waals surface area contributed by atoms with Gasteiger partial charge >= 0.3 is 5.97 Å². The molecule has 0 bridgehead atoms. The molecule has 1 aromatic heterocycles. The first-order chi connectivity index (χ1) is 13.5. The maximum atomic E-state index is 12.7. The quantitative estimate of drug-likeness (QED) is 0.574. The van der Waals surface area contributed by atoms with Crippen molar-refractivity contribution in [1.82, 2.24) is 9.78 Å². The fraction of sp³-hybridized carbons (Fsp3) is 0.0500. The number of nitrogens with zero attached hydrogens (tertiary/aromatic N) is 2. The number of aromatic nitrogens is 2. The number of rotatable bonds is 4. The number of fused-ring (bicyclic) bond motifs is 1. The van der Waals surface area contributed by atoms with E-state index in [9.17, 15) is 14.7 Å². The van der Waals surface area contributed by atoms with Crippen LogP contribution in [0.15, 0.2) is 77.0 Å². The second kappa shape index (κ2) is 7.32. The zero-order chi connectivity index (χ0) is 19.7. The summed E-state index contributed by atoms with van der Waals surface area (Å²) in [6.45, 7) is 0. The molecule has 0 unspecified atom stereocenters. The van der Waals surface area contributed by atoms with E-state index in [0.717, 1.165) is 10.0 Å². The van der Waals surface area contributed by atoms with E-state index in [1.165, 1.54) is 6.20 Å². The number of carbonyl (C=O) groups is 2. The van der Waals surface area contributed by atoms with Gasteiger partial charge in [-0.1, -0.05) is 46.3 Å². The van der Waals surface area contributed by atoms with Crippen molar-refractivity contribution in [3.63, 3.8) is 0 Å². The van der Waals surface area contributed by atoms with Crippen molar-refractivity contribution >= 4 is 39.3 Å². The van der Waals surface area contributed by atoms with Gasteiger partial charge < -0.3 is 15.7 Å². The number of anilines is 2. The third-order valence-electron chi connectivity index (χ3n) is 4.35. The lowest BCUT2D eigenvalue weighted by Gasteiger charge is -2.24. The predicted octanol–water partition coefficient (Wildman–Crippen LogP) is 3.88. The molecule has 0 aliphatic carbocycles. The Morgan fingerprint density at radius 1 is 1.11 bits per heavy atom. The number of allylic oxidation sites excluding steroid dienone is 1. The van der Waals surface area contributed by atoms with Crippen LogP contribution in [0.5, 0.6) is 0 Å². The van der Waals surface area contributed by atoms with Crippen LogP contribution in [0.2, 0.25) is 0 Å². The van der Waals surface area contributed by atoms with Crippen molar-refractivity contribution in [2.24, 2.45) is 0 Å². The number of nitrogens with one attached hydrogen (secondary N) is 2. The summed E-state index contributed by atoms with van der Waals surface area (Å²) in [6, 6.07) is 16.1. The Morgan fingerprint density at radius 2 is 1.82 bits per heavy atom. The molecule has 3 N–H and O–H groups in total. The van der Waals surface area contributed by atoms with Crippen molar-refractivity contribution in [3.05, 3.63) is 88.2 Å². The van der Waals surface area contributed by atoms with Crippen LogP contribution in [0.25, 0.3) is 0 Å². The van der Waals surface area contributed by atoms with Crippen molar-refractivity contribution < 1.29 is 14.7 Å². The molecular weight excluding hydrogens is 424 g/mol. The van der Waals surface area contributed by atoms with E-state index in [1.807, 2.05) is 42.5 Å². The zero-order valence-corrected chi connectivity index (χ0v) is 16.1. The minimum Gasteiger partial charge on any atom is -0.477 e. The molecule has 1 atom stereocenters. The van der Waals surface area contributed by atoms with Gasteiger partial charge in [0.1, 0.15) is 17.1 Å². The SMILES string of the molecule is O=C(O)C1=C[C@@H](c2ccc(Br)cc2)n2ncc(C(=O)Nc3ccccc3)c2N1. The molecule has 0 saturated heterocycles. The number of halogens is 1. The summed E-state index contributed by atoms with van der Waals surface area (Å²) in [5.41, 5.74) is 1.75. The van der Waals surface area contributed by atoms with Crippen molar-refractivity contribution in [2.75, 3.05) is 10.6 Å². The summed E-state index contributed by atoms with van der Waals surface area (Å²) in [6.07, 6.45) is 3.01. The van der Waals surface area contributed by atoms with Gasteiger partial charge in [-0.15, -0.1) is 0 Å². The minimum atomic E-state index is -1.11. The second-order valence-electron chi connectivity index (χ2n) is 6.18. The number of para-hydroxylation sites is 1. The molecule has 0 saturated carbocycles. The molecule has 0 radical (unpaired) electrons. The molecule has 1 amide bonds. The first kappa shape index (κ1) is 18.0. The highest BCUT2D eigenvalue weighted by Crippen LogP contribution is 2.33. The van der Waals surface area contributed by atoms with E-state index in [0.29, 0.717) is 11.5 Å². The fourth-order valence-corrected chi connectivity index (χ4v) is 3.27. The maximum absolute atomic E-state index is 12.7. The first-order valence-electron chi connectivity index (χ1n) is 8.44. The summed E-state index contributed by atoms with van der Waals surface area (Å²) in [5, 5.41) is 19.5. The monoisotopic (exact) mass is 438 g/mol. The molecule has 3 aromatic rings. The van der Waals surface area contributed by atoms with Gasteiger partial charge in [0.2, 0.25) is 0 Å². The molecule has 28 heavy (non-hydrogen) atoms. The minimum absolute atomic E-state index is 0.00493. The Hall–Kier alpha value is -3.39. The number of aliphatic carboxylic acids is 1. The summed E-state index contributed by atoms with van der Waals surface area (Å²) in [7, 11) is 0. The maximum Gasteiger partial charge on any atom is 0.352 e. The molecule has 140 valence electrons. The Morgan fingerprint density at radius 3 is 2.50 bits per heavy atom. The second-order valence-corrected chi connectivity index (χ2v) is 7.09. The van der Waals surface area contributed by atoms with E-state index < -0.39 is 12.0 Å². The first-order valence-corrected chi connectivity index (χ1v) is 9.24. The topological polar surface area (TPSA) is 96.2 Å². The fourth-order valence-electron chi connectivity index (χ4n) is 3.00. The van der Waals surface area contributed by atoms with Crippen molar-refractivity contribution in [3.8, 4) is 0 Å². The van der Waals surface area contributed by atoms with Gasteiger partial charge in [-0.05, 0) is 35.9 Å². The van der Waals surface area contributed by atoms with Crippen molar-refractivity contribution in [1.29, 1.82) is 0 Å². The van der Waals surface area contributed by atoms with Crippen LogP contribution >= 0.6 is 15.9 Å². The number of carbonyl (C=O) groups excluding carboxylic acids is 1. The van der Waals surface area contributed by atoms with Gasteiger partial charge in [0, 0.05) is 10.2 Å². The molecule has 0 spiro atoms. The van der Waals surface area contributed by atoms with Gasteiger partial charge in [0.05, 0.1) is 12.2 Å². The Labute approximate surface area is 168 Å². The lowest BCUT2D eigenvalue weighted by Crippen LogP contribution is -2.25. The van der Waals surface area contributed by atoms with Gasteiger partial charge in [0.15, 0.2) is 0 Å². The molecule has 2 heterocycles. The molecule has 1 aliphatic rings. The van der Waals surface area contributed by atoms with E-state index in [-0.39, 0.29) is 17.2 Å².